The molecular weight excluding hydrogens is 344 g/mol. The molecule has 0 aliphatic rings. The zero-order valence-electron chi connectivity index (χ0n) is 12.3. The van der Waals surface area contributed by atoms with E-state index >= 15 is 0 Å². The summed E-state index contributed by atoms with van der Waals surface area (Å²) in [7, 11) is 1.61. The van der Waals surface area contributed by atoms with Gasteiger partial charge in [0.1, 0.15) is 5.75 Å². The summed E-state index contributed by atoms with van der Waals surface area (Å²) >= 11 is 3.48. The van der Waals surface area contributed by atoms with E-state index in [9.17, 15) is 4.79 Å². The number of methoxy groups -OCH3 is 1. The summed E-state index contributed by atoms with van der Waals surface area (Å²) in [5.41, 5.74) is 1.61. The quantitative estimate of drug-likeness (QED) is 0.715. The molecule has 0 radical (unpaired) electrons. The average molecular weight is 359 g/mol. The minimum atomic E-state index is -0.164. The van der Waals surface area contributed by atoms with Crippen molar-refractivity contribution < 1.29 is 4.74 Å². The first-order valence-electron chi connectivity index (χ1n) is 6.91. The molecule has 1 aromatic carbocycles. The number of fused-ring (bicyclic) bond motifs is 1. The molecule has 5 heteroatoms. The van der Waals surface area contributed by atoms with Gasteiger partial charge in [-0.3, -0.25) is 14.3 Å². The number of nitrogens with zero attached hydrogens (tertiary/aromatic N) is 2. The second-order valence-electron chi connectivity index (χ2n) is 5.02. The maximum absolute atomic E-state index is 12.4. The van der Waals surface area contributed by atoms with Gasteiger partial charge in [-0.1, -0.05) is 6.07 Å². The van der Waals surface area contributed by atoms with Crippen LogP contribution < -0.4 is 10.3 Å². The third-order valence-corrected chi connectivity index (χ3v) is 4.33. The molecular formula is C17H15BrN2O2. The van der Waals surface area contributed by atoms with E-state index in [4.69, 9.17) is 4.74 Å². The number of hydrogen-bond acceptors (Lipinski definition) is 3. The molecule has 0 aliphatic heterocycles. The van der Waals surface area contributed by atoms with Crippen LogP contribution in [0.2, 0.25) is 0 Å². The predicted molar refractivity (Wildman–Crippen MR) is 90.5 cm³/mol. The number of benzene rings is 1. The molecule has 4 nitrogen and oxygen atoms in total. The molecule has 1 unspecified atom stereocenters. The first-order chi connectivity index (χ1) is 10.6. The SMILES string of the molecule is COc1cc2c(ccc(=O)n2C(C)c2ccccn2)cc1Br. The Bertz CT molecular complexity index is 875. The van der Waals surface area contributed by atoms with E-state index in [1.165, 1.54) is 0 Å². The van der Waals surface area contributed by atoms with Crippen LogP contribution in [0.3, 0.4) is 0 Å². The standard InChI is InChI=1S/C17H15BrN2O2/c1-11(14-5-3-4-8-19-14)20-15-10-16(22-2)13(18)9-12(15)6-7-17(20)21/h3-11H,1-2H3. The monoisotopic (exact) mass is 358 g/mol. The van der Waals surface area contributed by atoms with Gasteiger partial charge >= 0.3 is 0 Å². The zero-order chi connectivity index (χ0) is 15.7. The number of halogens is 1. The Hall–Kier alpha value is -2.14. The molecule has 1 atom stereocenters. The molecule has 0 spiro atoms. The van der Waals surface area contributed by atoms with E-state index < -0.39 is 0 Å². The third kappa shape index (κ3) is 2.52. The summed E-state index contributed by atoms with van der Waals surface area (Å²) in [6.45, 7) is 1.97. The number of rotatable bonds is 3. The van der Waals surface area contributed by atoms with E-state index in [1.54, 1.807) is 23.9 Å². The predicted octanol–water partition coefficient (Wildman–Crippen LogP) is 3.78. The van der Waals surface area contributed by atoms with Crippen LogP contribution in [0.1, 0.15) is 18.7 Å². The summed E-state index contributed by atoms with van der Waals surface area (Å²) in [6, 6.07) is 12.8. The largest absolute Gasteiger partial charge is 0.495 e. The highest BCUT2D eigenvalue weighted by Crippen LogP contribution is 2.31. The van der Waals surface area contributed by atoms with Crippen molar-refractivity contribution in [1.29, 1.82) is 0 Å². The Morgan fingerprint density at radius 2 is 2.05 bits per heavy atom. The summed E-state index contributed by atoms with van der Waals surface area (Å²) in [5, 5.41) is 0.968. The van der Waals surface area contributed by atoms with Crippen molar-refractivity contribution >= 4 is 26.8 Å². The number of aromatic nitrogens is 2. The van der Waals surface area contributed by atoms with E-state index in [-0.39, 0.29) is 11.6 Å². The summed E-state index contributed by atoms with van der Waals surface area (Å²) in [6.07, 6.45) is 1.74. The van der Waals surface area contributed by atoms with Gasteiger partial charge in [-0.2, -0.15) is 0 Å². The summed E-state index contributed by atoms with van der Waals surface area (Å²) in [5.74, 6) is 0.695. The zero-order valence-corrected chi connectivity index (χ0v) is 13.9. The van der Waals surface area contributed by atoms with Crippen LogP contribution in [0.25, 0.3) is 10.9 Å². The molecule has 0 bridgehead atoms. The van der Waals surface area contributed by atoms with Crippen molar-refractivity contribution in [1.82, 2.24) is 9.55 Å². The van der Waals surface area contributed by atoms with Crippen molar-refractivity contribution in [3.05, 3.63) is 69.2 Å². The Labute approximate surface area is 136 Å². The third-order valence-electron chi connectivity index (χ3n) is 3.71. The molecule has 112 valence electrons. The second-order valence-corrected chi connectivity index (χ2v) is 5.87. The van der Waals surface area contributed by atoms with Gasteiger partial charge in [-0.25, -0.2) is 0 Å². The molecule has 0 amide bonds. The Morgan fingerprint density at radius 1 is 1.23 bits per heavy atom. The van der Waals surface area contributed by atoms with Crippen molar-refractivity contribution in [2.45, 2.75) is 13.0 Å². The second kappa shape index (κ2) is 5.93. The molecule has 0 aliphatic carbocycles. The Kier molecular flexibility index (Phi) is 3.98. The molecule has 22 heavy (non-hydrogen) atoms. The van der Waals surface area contributed by atoms with Gasteiger partial charge in [0.2, 0.25) is 0 Å². The fourth-order valence-corrected chi connectivity index (χ4v) is 3.09. The number of hydrogen-bond donors (Lipinski definition) is 0. The fourth-order valence-electron chi connectivity index (χ4n) is 2.57. The van der Waals surface area contributed by atoms with Crippen LogP contribution in [0.15, 0.2) is 57.9 Å². The van der Waals surface area contributed by atoms with Crippen LogP contribution in [0, 0.1) is 0 Å². The minimum Gasteiger partial charge on any atom is -0.495 e. The van der Waals surface area contributed by atoms with Crippen LogP contribution in [-0.2, 0) is 0 Å². The van der Waals surface area contributed by atoms with Crippen LogP contribution in [0.4, 0.5) is 0 Å². The normalized spacial score (nSPS) is 12.3. The first-order valence-corrected chi connectivity index (χ1v) is 7.71. The van der Waals surface area contributed by atoms with E-state index in [1.807, 2.05) is 43.3 Å². The molecule has 0 saturated carbocycles. The maximum atomic E-state index is 12.4. The lowest BCUT2D eigenvalue weighted by atomic mass is 10.1. The average Bonchev–Trinajstić information content (AvgIpc) is 2.55. The van der Waals surface area contributed by atoms with Gasteiger partial charge in [-0.05, 0) is 52.5 Å². The molecule has 2 heterocycles. The van der Waals surface area contributed by atoms with Gasteiger partial charge in [0.15, 0.2) is 0 Å². The highest BCUT2D eigenvalue weighted by atomic mass is 79.9. The van der Waals surface area contributed by atoms with Crippen molar-refractivity contribution in [3.8, 4) is 5.75 Å². The maximum Gasteiger partial charge on any atom is 0.251 e. The molecule has 0 N–H and O–H groups in total. The Balaban J connectivity index is 2.28. The lowest BCUT2D eigenvalue weighted by Gasteiger charge is -2.18. The van der Waals surface area contributed by atoms with Crippen LogP contribution >= 0.6 is 15.9 Å². The van der Waals surface area contributed by atoms with Crippen molar-refractivity contribution in [2.75, 3.05) is 7.11 Å². The molecule has 3 aromatic rings. The van der Waals surface area contributed by atoms with Gasteiger partial charge in [-0.15, -0.1) is 0 Å². The van der Waals surface area contributed by atoms with Crippen LogP contribution in [-0.4, -0.2) is 16.7 Å². The highest BCUT2D eigenvalue weighted by Gasteiger charge is 2.15. The highest BCUT2D eigenvalue weighted by molar-refractivity contribution is 9.10. The number of ether oxygens (including phenoxy) is 1. The van der Waals surface area contributed by atoms with Crippen LogP contribution in [0.5, 0.6) is 5.75 Å². The Morgan fingerprint density at radius 3 is 2.73 bits per heavy atom. The topological polar surface area (TPSA) is 44.1 Å². The number of pyridine rings is 2. The molecule has 3 rings (SSSR count). The fraction of sp³-hybridized carbons (Fsp3) is 0.176. The summed E-state index contributed by atoms with van der Waals surface area (Å²) in [4.78, 5) is 16.8. The van der Waals surface area contributed by atoms with E-state index in [2.05, 4.69) is 20.9 Å². The van der Waals surface area contributed by atoms with Crippen molar-refractivity contribution in [3.63, 3.8) is 0 Å². The van der Waals surface area contributed by atoms with Crippen molar-refractivity contribution in [2.24, 2.45) is 0 Å². The molecule has 0 saturated heterocycles. The molecule has 0 fully saturated rings. The van der Waals surface area contributed by atoms with Gasteiger partial charge in [0.05, 0.1) is 28.8 Å². The lowest BCUT2D eigenvalue weighted by molar-refractivity contribution is 0.412. The smallest absolute Gasteiger partial charge is 0.251 e. The van der Waals surface area contributed by atoms with E-state index in [0.29, 0.717) is 5.75 Å². The minimum absolute atomic E-state index is 0.0602. The van der Waals surface area contributed by atoms with Gasteiger partial charge in [0, 0.05) is 18.3 Å². The van der Waals surface area contributed by atoms with Gasteiger partial charge < -0.3 is 4.74 Å². The van der Waals surface area contributed by atoms with Gasteiger partial charge in [0.25, 0.3) is 5.56 Å². The first kappa shape index (κ1) is 14.8. The lowest BCUT2D eigenvalue weighted by Crippen LogP contribution is -2.24. The summed E-state index contributed by atoms with van der Waals surface area (Å²) < 4.78 is 7.96. The van der Waals surface area contributed by atoms with E-state index in [0.717, 1.165) is 21.1 Å². The molecule has 2 aromatic heterocycles.